The molecular formula is C12H9F2N3O2. The monoisotopic (exact) mass is 265 g/mol. The number of halogens is 2. The molecule has 1 aromatic carbocycles. The highest BCUT2D eigenvalue weighted by Gasteiger charge is 2.18. The number of aromatic nitrogens is 2. The number of carboxylic acids is 1. The van der Waals surface area contributed by atoms with Crippen molar-refractivity contribution in [3.8, 4) is 0 Å². The van der Waals surface area contributed by atoms with Crippen LogP contribution in [0.25, 0.3) is 0 Å². The maximum absolute atomic E-state index is 13.6. The van der Waals surface area contributed by atoms with E-state index in [2.05, 4.69) is 9.97 Å². The van der Waals surface area contributed by atoms with Crippen LogP contribution < -0.4 is 4.90 Å². The normalized spacial score (nSPS) is 10.3. The van der Waals surface area contributed by atoms with Gasteiger partial charge < -0.3 is 10.0 Å². The van der Waals surface area contributed by atoms with E-state index in [1.54, 1.807) is 0 Å². The lowest BCUT2D eigenvalue weighted by molar-refractivity contribution is 0.0697. The van der Waals surface area contributed by atoms with Crippen molar-refractivity contribution in [2.24, 2.45) is 0 Å². The standard InChI is InChI=1S/C12H9F2N3O2/c1-17(10-3-2-7(13)4-9(10)14)11-8(12(18)19)5-15-6-16-11/h2-6H,1H3,(H,18,19). The Kier molecular flexibility index (Phi) is 3.37. The van der Waals surface area contributed by atoms with E-state index >= 15 is 0 Å². The lowest BCUT2D eigenvalue weighted by atomic mass is 10.2. The second kappa shape index (κ2) is 4.97. The molecule has 0 bridgehead atoms. The van der Waals surface area contributed by atoms with Crippen LogP contribution in [0.1, 0.15) is 10.4 Å². The first kappa shape index (κ1) is 12.9. The maximum Gasteiger partial charge on any atom is 0.341 e. The fraction of sp³-hybridized carbons (Fsp3) is 0.0833. The molecule has 0 aliphatic rings. The number of aromatic carboxylic acids is 1. The summed E-state index contributed by atoms with van der Waals surface area (Å²) in [7, 11) is 1.44. The molecule has 0 saturated heterocycles. The number of benzene rings is 1. The maximum atomic E-state index is 13.6. The van der Waals surface area contributed by atoms with E-state index in [0.717, 1.165) is 18.6 Å². The Morgan fingerprint density at radius 1 is 1.37 bits per heavy atom. The van der Waals surface area contributed by atoms with Gasteiger partial charge in [0.1, 0.15) is 23.5 Å². The largest absolute Gasteiger partial charge is 0.477 e. The van der Waals surface area contributed by atoms with E-state index in [-0.39, 0.29) is 17.1 Å². The van der Waals surface area contributed by atoms with Gasteiger partial charge in [-0.05, 0) is 12.1 Å². The molecule has 0 amide bonds. The molecular weight excluding hydrogens is 256 g/mol. The van der Waals surface area contributed by atoms with Crippen LogP contribution in [0.3, 0.4) is 0 Å². The molecule has 2 rings (SSSR count). The van der Waals surface area contributed by atoms with Crippen molar-refractivity contribution in [2.45, 2.75) is 0 Å². The minimum absolute atomic E-state index is 0.0163. The Bertz CT molecular complexity index is 634. The first-order valence-electron chi connectivity index (χ1n) is 5.23. The zero-order chi connectivity index (χ0) is 14.0. The van der Waals surface area contributed by atoms with Crippen molar-refractivity contribution in [3.63, 3.8) is 0 Å². The number of carbonyl (C=O) groups is 1. The van der Waals surface area contributed by atoms with E-state index < -0.39 is 17.6 Å². The zero-order valence-electron chi connectivity index (χ0n) is 9.84. The topological polar surface area (TPSA) is 66.3 Å². The molecule has 0 saturated carbocycles. The van der Waals surface area contributed by atoms with Gasteiger partial charge in [0.05, 0.1) is 5.69 Å². The second-order valence-electron chi connectivity index (χ2n) is 3.72. The summed E-state index contributed by atoms with van der Waals surface area (Å²) in [5.74, 6) is -2.73. The van der Waals surface area contributed by atoms with Crippen LogP contribution in [-0.2, 0) is 0 Å². The third kappa shape index (κ3) is 2.49. The van der Waals surface area contributed by atoms with Gasteiger partial charge in [-0.15, -0.1) is 0 Å². The third-order valence-corrected chi connectivity index (χ3v) is 2.51. The number of hydrogen-bond donors (Lipinski definition) is 1. The Hall–Kier alpha value is -2.57. The van der Waals surface area contributed by atoms with Gasteiger partial charge in [-0.1, -0.05) is 0 Å². The summed E-state index contributed by atoms with van der Waals surface area (Å²) >= 11 is 0. The van der Waals surface area contributed by atoms with Crippen LogP contribution in [-0.4, -0.2) is 28.1 Å². The molecule has 98 valence electrons. The van der Waals surface area contributed by atoms with Crippen LogP contribution >= 0.6 is 0 Å². The number of anilines is 2. The summed E-state index contributed by atoms with van der Waals surface area (Å²) in [6, 6.07) is 3.00. The number of rotatable bonds is 3. The molecule has 0 atom stereocenters. The molecule has 19 heavy (non-hydrogen) atoms. The van der Waals surface area contributed by atoms with E-state index in [4.69, 9.17) is 5.11 Å². The first-order valence-corrected chi connectivity index (χ1v) is 5.23. The van der Waals surface area contributed by atoms with Crippen molar-refractivity contribution in [1.82, 2.24) is 9.97 Å². The van der Waals surface area contributed by atoms with E-state index in [1.165, 1.54) is 18.0 Å². The van der Waals surface area contributed by atoms with Gasteiger partial charge in [-0.2, -0.15) is 0 Å². The number of hydrogen-bond acceptors (Lipinski definition) is 4. The van der Waals surface area contributed by atoms with Gasteiger partial charge in [0.25, 0.3) is 0 Å². The first-order chi connectivity index (χ1) is 9.00. The van der Waals surface area contributed by atoms with Gasteiger partial charge in [-0.3, -0.25) is 0 Å². The number of carboxylic acid groups (broad SMARTS) is 1. The summed E-state index contributed by atoms with van der Waals surface area (Å²) in [5, 5.41) is 9.01. The summed E-state index contributed by atoms with van der Waals surface area (Å²) < 4.78 is 26.5. The predicted molar refractivity (Wildman–Crippen MR) is 63.4 cm³/mol. The molecule has 1 aromatic heterocycles. The average molecular weight is 265 g/mol. The molecule has 1 N–H and O–H groups in total. The van der Waals surface area contributed by atoms with Crippen molar-refractivity contribution in [3.05, 3.63) is 47.9 Å². The van der Waals surface area contributed by atoms with Crippen molar-refractivity contribution in [1.29, 1.82) is 0 Å². The van der Waals surface area contributed by atoms with Crippen LogP contribution in [0.15, 0.2) is 30.7 Å². The van der Waals surface area contributed by atoms with Gasteiger partial charge in [0.15, 0.2) is 5.82 Å². The van der Waals surface area contributed by atoms with Crippen molar-refractivity contribution >= 4 is 17.5 Å². The van der Waals surface area contributed by atoms with E-state index in [9.17, 15) is 13.6 Å². The van der Waals surface area contributed by atoms with Crippen LogP contribution in [0.2, 0.25) is 0 Å². The Balaban J connectivity index is 2.50. The Labute approximate surface area is 107 Å². The highest BCUT2D eigenvalue weighted by atomic mass is 19.1. The lowest BCUT2D eigenvalue weighted by Crippen LogP contribution is -2.17. The van der Waals surface area contributed by atoms with Gasteiger partial charge in [-0.25, -0.2) is 23.5 Å². The van der Waals surface area contributed by atoms with Crippen LogP contribution in [0.5, 0.6) is 0 Å². The molecule has 0 aliphatic carbocycles. The zero-order valence-corrected chi connectivity index (χ0v) is 9.84. The van der Waals surface area contributed by atoms with Crippen molar-refractivity contribution in [2.75, 3.05) is 11.9 Å². The Morgan fingerprint density at radius 2 is 2.11 bits per heavy atom. The summed E-state index contributed by atoms with van der Waals surface area (Å²) in [6.45, 7) is 0. The highest BCUT2D eigenvalue weighted by Crippen LogP contribution is 2.27. The minimum Gasteiger partial charge on any atom is -0.477 e. The second-order valence-corrected chi connectivity index (χ2v) is 3.72. The molecule has 2 aromatic rings. The molecule has 0 spiro atoms. The summed E-state index contributed by atoms with van der Waals surface area (Å²) in [4.78, 5) is 19.7. The quantitative estimate of drug-likeness (QED) is 0.921. The van der Waals surface area contributed by atoms with Gasteiger partial charge >= 0.3 is 5.97 Å². The molecule has 0 unspecified atom stereocenters. The molecule has 0 radical (unpaired) electrons. The SMILES string of the molecule is CN(c1ccc(F)cc1F)c1ncncc1C(=O)O. The molecule has 0 fully saturated rings. The number of nitrogens with zero attached hydrogens (tertiary/aromatic N) is 3. The van der Waals surface area contributed by atoms with Crippen LogP contribution in [0, 0.1) is 11.6 Å². The fourth-order valence-corrected chi connectivity index (χ4v) is 1.61. The van der Waals surface area contributed by atoms with Gasteiger partial charge in [0.2, 0.25) is 0 Å². The molecule has 1 heterocycles. The van der Waals surface area contributed by atoms with Crippen LogP contribution in [0.4, 0.5) is 20.3 Å². The average Bonchev–Trinajstić information content (AvgIpc) is 2.38. The summed E-state index contributed by atoms with van der Waals surface area (Å²) in [6.07, 6.45) is 2.27. The molecule has 7 heteroatoms. The third-order valence-electron chi connectivity index (χ3n) is 2.51. The Morgan fingerprint density at radius 3 is 2.74 bits per heavy atom. The van der Waals surface area contributed by atoms with Crippen molar-refractivity contribution < 1.29 is 18.7 Å². The fourth-order valence-electron chi connectivity index (χ4n) is 1.61. The predicted octanol–water partition coefficient (Wildman–Crippen LogP) is 2.22. The summed E-state index contributed by atoms with van der Waals surface area (Å²) in [5.41, 5.74) is -0.156. The smallest absolute Gasteiger partial charge is 0.341 e. The highest BCUT2D eigenvalue weighted by molar-refractivity contribution is 5.93. The van der Waals surface area contributed by atoms with E-state index in [0.29, 0.717) is 6.07 Å². The van der Waals surface area contributed by atoms with E-state index in [1.807, 2.05) is 0 Å². The molecule has 5 nitrogen and oxygen atoms in total. The lowest BCUT2D eigenvalue weighted by Gasteiger charge is -2.20. The van der Waals surface area contributed by atoms with Gasteiger partial charge in [0, 0.05) is 19.3 Å². The minimum atomic E-state index is -1.23. The molecule has 0 aliphatic heterocycles.